The number of nitrogens with one attached hydrogen (secondary N) is 1. The molecule has 1 N–H and O–H groups in total. The zero-order valence-electron chi connectivity index (χ0n) is 10.6. The number of aromatic nitrogens is 3. The van der Waals surface area contributed by atoms with E-state index in [1.807, 2.05) is 13.8 Å². The Morgan fingerprint density at radius 3 is 2.47 bits per heavy atom. The first-order valence-electron chi connectivity index (χ1n) is 5.39. The Balaban J connectivity index is 2.79. The van der Waals surface area contributed by atoms with Crippen LogP contribution in [0, 0.1) is 0 Å². The number of ether oxygens (including phenoxy) is 3. The number of rotatable bonds is 7. The fourth-order valence-electron chi connectivity index (χ4n) is 1.17. The normalized spacial score (nSPS) is 12.0. The molecule has 7 heteroatoms. The van der Waals surface area contributed by atoms with Crippen LogP contribution in [0.4, 0.5) is 5.95 Å². The molecule has 0 aliphatic rings. The molecule has 0 spiro atoms. The fraction of sp³-hybridized carbons (Fsp3) is 0.700. The molecule has 0 aliphatic carbocycles. The van der Waals surface area contributed by atoms with Gasteiger partial charge in [0.1, 0.15) is 6.10 Å². The van der Waals surface area contributed by atoms with E-state index in [4.69, 9.17) is 14.2 Å². The summed E-state index contributed by atoms with van der Waals surface area (Å²) in [6, 6.07) is 0.438. The quantitative estimate of drug-likeness (QED) is 0.754. The Labute approximate surface area is 101 Å². The van der Waals surface area contributed by atoms with Crippen LogP contribution in [0.15, 0.2) is 0 Å². The topological polar surface area (TPSA) is 78.4 Å². The molecule has 0 saturated heterocycles. The maximum Gasteiger partial charge on any atom is 0.324 e. The lowest BCUT2D eigenvalue weighted by atomic mass is 10.4. The summed E-state index contributed by atoms with van der Waals surface area (Å²) < 4.78 is 15.4. The Kier molecular flexibility index (Phi) is 5.41. The first-order valence-corrected chi connectivity index (χ1v) is 5.39. The third kappa shape index (κ3) is 4.39. The highest BCUT2D eigenvalue weighted by molar-refractivity contribution is 5.27. The molecule has 1 aromatic heterocycles. The van der Waals surface area contributed by atoms with Gasteiger partial charge in [0.25, 0.3) is 0 Å². The van der Waals surface area contributed by atoms with Crippen molar-refractivity contribution >= 4 is 5.95 Å². The monoisotopic (exact) mass is 242 g/mol. The first kappa shape index (κ1) is 13.4. The lowest BCUT2D eigenvalue weighted by molar-refractivity contribution is 0.0848. The van der Waals surface area contributed by atoms with Crippen molar-refractivity contribution in [3.05, 3.63) is 0 Å². The third-order valence-electron chi connectivity index (χ3n) is 1.82. The highest BCUT2D eigenvalue weighted by Gasteiger charge is 2.10. The number of methoxy groups -OCH3 is 2. The average molecular weight is 242 g/mol. The third-order valence-corrected chi connectivity index (χ3v) is 1.82. The fourth-order valence-corrected chi connectivity index (χ4v) is 1.17. The predicted octanol–water partition coefficient (Wildman–Crippen LogP) is 0.726. The molecule has 17 heavy (non-hydrogen) atoms. The van der Waals surface area contributed by atoms with Crippen LogP contribution < -0.4 is 14.8 Å². The molecule has 0 amide bonds. The van der Waals surface area contributed by atoms with Gasteiger partial charge in [-0.05, 0) is 13.8 Å². The van der Waals surface area contributed by atoms with Crippen LogP contribution in [0.3, 0.4) is 0 Å². The maximum absolute atomic E-state index is 5.48. The van der Waals surface area contributed by atoms with Crippen molar-refractivity contribution in [2.24, 2.45) is 0 Å². The van der Waals surface area contributed by atoms with E-state index in [1.54, 1.807) is 7.11 Å². The van der Waals surface area contributed by atoms with Crippen molar-refractivity contribution in [3.63, 3.8) is 0 Å². The van der Waals surface area contributed by atoms with Gasteiger partial charge in [-0.2, -0.15) is 9.97 Å². The highest BCUT2D eigenvalue weighted by atomic mass is 16.5. The van der Waals surface area contributed by atoms with Gasteiger partial charge in [-0.15, -0.1) is 4.98 Å². The Hall–Kier alpha value is -1.63. The van der Waals surface area contributed by atoms with Crippen molar-refractivity contribution < 1.29 is 14.2 Å². The van der Waals surface area contributed by atoms with E-state index in [0.29, 0.717) is 19.1 Å². The molecule has 1 rings (SSSR count). The van der Waals surface area contributed by atoms with Crippen molar-refractivity contribution in [3.8, 4) is 12.0 Å². The zero-order chi connectivity index (χ0) is 12.7. The molecule has 0 aliphatic heterocycles. The smallest absolute Gasteiger partial charge is 0.324 e. The van der Waals surface area contributed by atoms with Gasteiger partial charge < -0.3 is 19.5 Å². The summed E-state index contributed by atoms with van der Waals surface area (Å²) in [5, 5.41) is 2.97. The van der Waals surface area contributed by atoms with E-state index >= 15 is 0 Å². The van der Waals surface area contributed by atoms with Crippen molar-refractivity contribution in [2.45, 2.75) is 20.0 Å². The lowest BCUT2D eigenvalue weighted by Gasteiger charge is -2.12. The van der Waals surface area contributed by atoms with Gasteiger partial charge in [0.05, 0.1) is 13.7 Å². The minimum atomic E-state index is -0.137. The molecule has 1 atom stereocenters. The standard InChI is InChI=1S/C10H18N4O3/c1-5-11-8-12-9(16-4)14-10(13-8)17-7(2)6-15-3/h7H,5-6H2,1-4H3,(H,11,12,13,14). The number of nitrogens with zero attached hydrogens (tertiary/aromatic N) is 3. The summed E-state index contributed by atoms with van der Waals surface area (Å²) in [6.45, 7) is 4.99. The van der Waals surface area contributed by atoms with Crippen LogP contribution in [0.2, 0.25) is 0 Å². The summed E-state index contributed by atoms with van der Waals surface area (Å²) in [7, 11) is 3.10. The summed E-state index contributed by atoms with van der Waals surface area (Å²) in [4.78, 5) is 12.1. The summed E-state index contributed by atoms with van der Waals surface area (Å²) in [5.41, 5.74) is 0. The molecule has 96 valence electrons. The minimum Gasteiger partial charge on any atom is -0.467 e. The van der Waals surface area contributed by atoms with E-state index in [1.165, 1.54) is 7.11 Å². The Morgan fingerprint density at radius 2 is 1.88 bits per heavy atom. The second-order valence-corrected chi connectivity index (χ2v) is 3.34. The summed E-state index contributed by atoms with van der Waals surface area (Å²) in [6.07, 6.45) is -0.137. The summed E-state index contributed by atoms with van der Waals surface area (Å²) >= 11 is 0. The number of hydrogen-bond donors (Lipinski definition) is 1. The molecule has 1 aromatic rings. The van der Waals surface area contributed by atoms with Crippen LogP contribution >= 0.6 is 0 Å². The average Bonchev–Trinajstić information content (AvgIpc) is 2.29. The predicted molar refractivity (Wildman–Crippen MR) is 62.5 cm³/mol. The lowest BCUT2D eigenvalue weighted by Crippen LogP contribution is -2.20. The van der Waals surface area contributed by atoms with Crippen molar-refractivity contribution in [1.82, 2.24) is 15.0 Å². The second kappa shape index (κ2) is 6.85. The van der Waals surface area contributed by atoms with Crippen LogP contribution in [0.5, 0.6) is 12.0 Å². The van der Waals surface area contributed by atoms with E-state index < -0.39 is 0 Å². The molecule has 0 aromatic carbocycles. The van der Waals surface area contributed by atoms with Gasteiger partial charge in [-0.25, -0.2) is 0 Å². The first-order chi connectivity index (χ1) is 8.19. The Morgan fingerprint density at radius 1 is 1.18 bits per heavy atom. The van der Waals surface area contributed by atoms with E-state index in [0.717, 1.165) is 0 Å². The van der Waals surface area contributed by atoms with E-state index in [2.05, 4.69) is 20.3 Å². The van der Waals surface area contributed by atoms with Crippen LogP contribution in [0.25, 0.3) is 0 Å². The van der Waals surface area contributed by atoms with Gasteiger partial charge in [0.2, 0.25) is 5.95 Å². The Bertz CT molecular complexity index is 348. The van der Waals surface area contributed by atoms with Gasteiger partial charge >= 0.3 is 12.0 Å². The molecule has 0 radical (unpaired) electrons. The number of anilines is 1. The largest absolute Gasteiger partial charge is 0.467 e. The molecule has 0 bridgehead atoms. The zero-order valence-corrected chi connectivity index (χ0v) is 10.6. The SMILES string of the molecule is CCNc1nc(OC)nc(OC(C)COC)n1. The summed E-state index contributed by atoms with van der Waals surface area (Å²) in [5.74, 6) is 0.430. The van der Waals surface area contributed by atoms with Gasteiger partial charge in [0, 0.05) is 13.7 Å². The molecule has 0 fully saturated rings. The van der Waals surface area contributed by atoms with Gasteiger partial charge in [-0.3, -0.25) is 0 Å². The van der Waals surface area contributed by atoms with Gasteiger partial charge in [-0.1, -0.05) is 0 Å². The van der Waals surface area contributed by atoms with E-state index in [-0.39, 0.29) is 18.1 Å². The highest BCUT2D eigenvalue weighted by Crippen LogP contribution is 2.13. The molecule has 1 unspecified atom stereocenters. The molecule has 0 saturated carbocycles. The van der Waals surface area contributed by atoms with E-state index in [9.17, 15) is 0 Å². The minimum absolute atomic E-state index is 0.137. The van der Waals surface area contributed by atoms with Crippen molar-refractivity contribution in [1.29, 1.82) is 0 Å². The van der Waals surface area contributed by atoms with Crippen LogP contribution in [-0.2, 0) is 4.74 Å². The number of hydrogen-bond acceptors (Lipinski definition) is 7. The molecular weight excluding hydrogens is 224 g/mol. The molecular formula is C10H18N4O3. The maximum atomic E-state index is 5.48. The van der Waals surface area contributed by atoms with Crippen LogP contribution in [-0.4, -0.2) is 48.4 Å². The van der Waals surface area contributed by atoms with Crippen LogP contribution in [0.1, 0.15) is 13.8 Å². The molecule has 1 heterocycles. The van der Waals surface area contributed by atoms with Crippen molar-refractivity contribution in [2.75, 3.05) is 32.7 Å². The molecule has 7 nitrogen and oxygen atoms in total. The van der Waals surface area contributed by atoms with Gasteiger partial charge in [0.15, 0.2) is 0 Å². The second-order valence-electron chi connectivity index (χ2n) is 3.34.